The van der Waals surface area contributed by atoms with Crippen LogP contribution in [0.25, 0.3) is 0 Å². The van der Waals surface area contributed by atoms with Crippen LogP contribution in [-0.2, 0) is 4.74 Å². The Morgan fingerprint density at radius 3 is 2.79 bits per heavy atom. The monoisotopic (exact) mass is 194 g/mol. The normalized spacial score (nSPS) is 25.5. The number of alkyl carbamates (subject to hydrolysis) is 1. The van der Waals surface area contributed by atoms with Crippen LogP contribution >= 0.6 is 0 Å². The molecule has 4 heteroatoms. The molecule has 1 N–H and O–H groups in total. The first-order valence-electron chi connectivity index (χ1n) is 4.87. The van der Waals surface area contributed by atoms with Crippen molar-refractivity contribution in [1.82, 2.24) is 10.2 Å². The minimum atomic E-state index is -0.282. The molecule has 0 unspecified atom stereocenters. The maximum atomic E-state index is 10.9. The van der Waals surface area contributed by atoms with Crippen LogP contribution < -0.4 is 5.32 Å². The SMILES string of the molecule is C#CCN1CCC2(CC1)CNC(=O)O2. The zero-order valence-corrected chi connectivity index (χ0v) is 8.08. The van der Waals surface area contributed by atoms with Gasteiger partial charge >= 0.3 is 6.09 Å². The fourth-order valence-electron chi connectivity index (χ4n) is 2.03. The Bertz CT molecular complexity index is 274. The number of ether oxygens (including phenoxy) is 1. The molecule has 2 aliphatic rings. The molecular formula is C10H14N2O2. The summed E-state index contributed by atoms with van der Waals surface area (Å²) in [5.41, 5.74) is -0.248. The van der Waals surface area contributed by atoms with E-state index >= 15 is 0 Å². The van der Waals surface area contributed by atoms with Gasteiger partial charge in [0.1, 0.15) is 5.60 Å². The van der Waals surface area contributed by atoms with Gasteiger partial charge in [-0.15, -0.1) is 6.42 Å². The Kier molecular flexibility index (Phi) is 2.34. The number of nitrogens with one attached hydrogen (secondary N) is 1. The number of carbonyl (C=O) groups is 1. The van der Waals surface area contributed by atoms with E-state index in [-0.39, 0.29) is 11.7 Å². The van der Waals surface area contributed by atoms with Crippen LogP contribution in [0.1, 0.15) is 12.8 Å². The molecule has 1 amide bonds. The first-order valence-corrected chi connectivity index (χ1v) is 4.87. The van der Waals surface area contributed by atoms with E-state index < -0.39 is 0 Å². The summed E-state index contributed by atoms with van der Waals surface area (Å²) in [7, 11) is 0. The predicted molar refractivity (Wildman–Crippen MR) is 51.7 cm³/mol. The molecule has 1 spiro atoms. The lowest BCUT2D eigenvalue weighted by atomic mass is 9.92. The van der Waals surface area contributed by atoms with E-state index in [1.54, 1.807) is 0 Å². The molecule has 2 saturated heterocycles. The molecule has 0 bridgehead atoms. The lowest BCUT2D eigenvalue weighted by Crippen LogP contribution is -2.46. The molecule has 2 aliphatic heterocycles. The van der Waals surface area contributed by atoms with Crippen molar-refractivity contribution >= 4 is 6.09 Å². The molecule has 4 nitrogen and oxygen atoms in total. The van der Waals surface area contributed by atoms with Crippen LogP contribution in [0.15, 0.2) is 0 Å². The van der Waals surface area contributed by atoms with Crippen LogP contribution in [-0.4, -0.2) is 42.8 Å². The number of terminal acetylenes is 1. The standard InChI is InChI=1S/C10H14N2O2/c1-2-5-12-6-3-10(4-7-12)8-11-9(13)14-10/h1H,3-8H2,(H,11,13). The number of rotatable bonds is 1. The molecule has 76 valence electrons. The van der Waals surface area contributed by atoms with E-state index in [0.29, 0.717) is 13.1 Å². The van der Waals surface area contributed by atoms with Crippen molar-refractivity contribution in [3.8, 4) is 12.3 Å². The maximum absolute atomic E-state index is 10.9. The van der Waals surface area contributed by atoms with E-state index in [9.17, 15) is 4.79 Å². The molecule has 0 atom stereocenters. The Balaban J connectivity index is 1.90. The number of amides is 1. The Morgan fingerprint density at radius 1 is 1.57 bits per heavy atom. The quantitative estimate of drug-likeness (QED) is 0.606. The van der Waals surface area contributed by atoms with Crippen molar-refractivity contribution in [1.29, 1.82) is 0 Å². The highest BCUT2D eigenvalue weighted by Gasteiger charge is 2.42. The third-order valence-corrected chi connectivity index (χ3v) is 2.95. The highest BCUT2D eigenvalue weighted by atomic mass is 16.6. The summed E-state index contributed by atoms with van der Waals surface area (Å²) >= 11 is 0. The largest absolute Gasteiger partial charge is 0.441 e. The van der Waals surface area contributed by atoms with Gasteiger partial charge in [0.2, 0.25) is 0 Å². The van der Waals surface area contributed by atoms with Crippen molar-refractivity contribution in [2.45, 2.75) is 18.4 Å². The zero-order chi connectivity index (χ0) is 10.0. The summed E-state index contributed by atoms with van der Waals surface area (Å²) in [6, 6.07) is 0. The van der Waals surface area contributed by atoms with Crippen molar-refractivity contribution in [3.63, 3.8) is 0 Å². The van der Waals surface area contributed by atoms with Gasteiger partial charge in [-0.2, -0.15) is 0 Å². The van der Waals surface area contributed by atoms with E-state index in [2.05, 4.69) is 16.1 Å². The van der Waals surface area contributed by atoms with Crippen LogP contribution in [0.5, 0.6) is 0 Å². The number of carbonyl (C=O) groups excluding carboxylic acids is 1. The molecule has 2 heterocycles. The van der Waals surface area contributed by atoms with E-state index in [1.807, 2.05) is 0 Å². The van der Waals surface area contributed by atoms with Gasteiger partial charge in [-0.3, -0.25) is 4.90 Å². The summed E-state index contributed by atoms with van der Waals surface area (Å²) in [5, 5.41) is 2.71. The van der Waals surface area contributed by atoms with Crippen molar-refractivity contribution < 1.29 is 9.53 Å². The molecule has 0 aromatic rings. The summed E-state index contributed by atoms with van der Waals surface area (Å²) in [6.45, 7) is 3.17. The van der Waals surface area contributed by atoms with Crippen LogP contribution in [0, 0.1) is 12.3 Å². The molecule has 0 aromatic carbocycles. The van der Waals surface area contributed by atoms with Gasteiger partial charge in [0.05, 0.1) is 13.1 Å². The second-order valence-corrected chi connectivity index (χ2v) is 3.91. The van der Waals surface area contributed by atoms with Gasteiger partial charge in [0, 0.05) is 25.9 Å². The van der Waals surface area contributed by atoms with E-state index in [1.165, 1.54) is 0 Å². The average molecular weight is 194 g/mol. The van der Waals surface area contributed by atoms with Crippen molar-refractivity contribution in [2.75, 3.05) is 26.2 Å². The van der Waals surface area contributed by atoms with Crippen molar-refractivity contribution in [2.24, 2.45) is 0 Å². The van der Waals surface area contributed by atoms with Gasteiger partial charge < -0.3 is 10.1 Å². The molecule has 0 aromatic heterocycles. The minimum Gasteiger partial charge on any atom is -0.441 e. The van der Waals surface area contributed by atoms with E-state index in [0.717, 1.165) is 25.9 Å². The number of hydrogen-bond donors (Lipinski definition) is 1. The lowest BCUT2D eigenvalue weighted by Gasteiger charge is -2.36. The van der Waals surface area contributed by atoms with E-state index in [4.69, 9.17) is 11.2 Å². The number of piperidine rings is 1. The maximum Gasteiger partial charge on any atom is 0.407 e. The number of nitrogens with zero attached hydrogens (tertiary/aromatic N) is 1. The lowest BCUT2D eigenvalue weighted by molar-refractivity contribution is 0.00399. The second kappa shape index (κ2) is 3.50. The summed E-state index contributed by atoms with van der Waals surface area (Å²) in [6.07, 6.45) is 6.72. The zero-order valence-electron chi connectivity index (χ0n) is 8.08. The first-order chi connectivity index (χ1) is 6.74. The molecule has 14 heavy (non-hydrogen) atoms. The third-order valence-electron chi connectivity index (χ3n) is 2.95. The average Bonchev–Trinajstić information content (AvgIpc) is 2.53. The first kappa shape index (κ1) is 9.35. The van der Waals surface area contributed by atoms with Crippen molar-refractivity contribution in [3.05, 3.63) is 0 Å². The summed E-state index contributed by atoms with van der Waals surface area (Å²) < 4.78 is 5.29. The van der Waals surface area contributed by atoms with Gasteiger partial charge in [-0.1, -0.05) is 5.92 Å². The Morgan fingerprint density at radius 2 is 2.29 bits per heavy atom. The smallest absolute Gasteiger partial charge is 0.407 e. The Hall–Kier alpha value is -1.21. The third kappa shape index (κ3) is 1.68. The predicted octanol–water partition coefficient (Wildman–Crippen LogP) is 0.194. The topological polar surface area (TPSA) is 41.6 Å². The molecule has 2 rings (SSSR count). The number of likely N-dealkylation sites (tertiary alicyclic amines) is 1. The molecule has 0 aliphatic carbocycles. The highest BCUT2D eigenvalue weighted by Crippen LogP contribution is 2.28. The van der Waals surface area contributed by atoms with Crippen LogP contribution in [0.3, 0.4) is 0 Å². The van der Waals surface area contributed by atoms with Gasteiger partial charge in [0.15, 0.2) is 0 Å². The molecular weight excluding hydrogens is 180 g/mol. The van der Waals surface area contributed by atoms with Gasteiger partial charge in [-0.05, 0) is 0 Å². The minimum absolute atomic E-state index is 0.248. The molecule has 2 fully saturated rings. The Labute approximate surface area is 83.6 Å². The van der Waals surface area contributed by atoms with Gasteiger partial charge in [-0.25, -0.2) is 4.79 Å². The summed E-state index contributed by atoms with van der Waals surface area (Å²) in [5.74, 6) is 2.63. The summed E-state index contributed by atoms with van der Waals surface area (Å²) in [4.78, 5) is 13.2. The highest BCUT2D eigenvalue weighted by molar-refractivity contribution is 5.70. The fraction of sp³-hybridized carbons (Fsp3) is 0.700. The number of hydrogen-bond acceptors (Lipinski definition) is 3. The molecule has 0 saturated carbocycles. The van der Waals surface area contributed by atoms with Crippen LogP contribution in [0.4, 0.5) is 4.79 Å². The second-order valence-electron chi connectivity index (χ2n) is 3.91. The van der Waals surface area contributed by atoms with Gasteiger partial charge in [0.25, 0.3) is 0 Å². The fourth-order valence-corrected chi connectivity index (χ4v) is 2.03. The van der Waals surface area contributed by atoms with Crippen LogP contribution in [0.2, 0.25) is 0 Å². The molecule has 0 radical (unpaired) electrons.